The Hall–Kier alpha value is -0.0800. The minimum Gasteiger partial charge on any atom is -0.375 e. The molecule has 0 heterocycles. The molecule has 0 radical (unpaired) electrons. The fraction of sp³-hybridized carbons (Fsp3) is 1.00. The summed E-state index contributed by atoms with van der Waals surface area (Å²) in [6.07, 6.45) is 11.3. The quantitative estimate of drug-likeness (QED) is 0.641. The van der Waals surface area contributed by atoms with E-state index in [1.807, 2.05) is 0 Å². The number of hydrogen-bond acceptors (Lipinski definition) is 2. The van der Waals surface area contributed by atoms with Crippen LogP contribution in [0.25, 0.3) is 0 Å². The van der Waals surface area contributed by atoms with Crippen molar-refractivity contribution in [3.8, 4) is 0 Å². The summed E-state index contributed by atoms with van der Waals surface area (Å²) in [5.41, 5.74) is 0. The molecule has 0 aromatic carbocycles. The van der Waals surface area contributed by atoms with Crippen LogP contribution < -0.4 is 5.32 Å². The highest BCUT2D eigenvalue weighted by Crippen LogP contribution is 2.24. The normalized spacial score (nSPS) is 27.2. The van der Waals surface area contributed by atoms with Crippen LogP contribution in [-0.4, -0.2) is 25.3 Å². The summed E-state index contributed by atoms with van der Waals surface area (Å²) in [7, 11) is 2.06. The van der Waals surface area contributed by atoms with E-state index in [-0.39, 0.29) is 0 Å². The van der Waals surface area contributed by atoms with E-state index in [0.29, 0.717) is 18.2 Å². The molecule has 0 aliphatic heterocycles. The number of unbranched alkanes of at least 4 members (excludes halogenated alkanes) is 3. The fourth-order valence-corrected chi connectivity index (χ4v) is 2.58. The minimum atomic E-state index is 0.456. The van der Waals surface area contributed by atoms with Crippen molar-refractivity contribution in [1.29, 1.82) is 0 Å². The molecule has 0 aromatic heterocycles. The van der Waals surface area contributed by atoms with Gasteiger partial charge in [-0.3, -0.25) is 0 Å². The van der Waals surface area contributed by atoms with Crippen LogP contribution >= 0.6 is 0 Å². The average Bonchev–Trinajstić information content (AvgIpc) is 2.72. The Morgan fingerprint density at radius 2 is 2.06 bits per heavy atom. The van der Waals surface area contributed by atoms with Crippen molar-refractivity contribution < 1.29 is 4.74 Å². The predicted molar refractivity (Wildman–Crippen MR) is 69.8 cm³/mol. The van der Waals surface area contributed by atoms with E-state index in [2.05, 4.69) is 26.2 Å². The highest BCUT2D eigenvalue weighted by atomic mass is 16.5. The Morgan fingerprint density at radius 1 is 1.25 bits per heavy atom. The molecular weight excluding hydrogens is 198 g/mol. The van der Waals surface area contributed by atoms with Gasteiger partial charge >= 0.3 is 0 Å². The largest absolute Gasteiger partial charge is 0.375 e. The van der Waals surface area contributed by atoms with Crippen LogP contribution in [0, 0.1) is 0 Å². The molecule has 2 heteroatoms. The fourth-order valence-electron chi connectivity index (χ4n) is 2.58. The molecule has 1 N–H and O–H groups in total. The first-order valence-electron chi connectivity index (χ1n) is 7.09. The second-order valence-corrected chi connectivity index (χ2v) is 5.22. The van der Waals surface area contributed by atoms with Gasteiger partial charge in [0, 0.05) is 6.04 Å². The zero-order chi connectivity index (χ0) is 11.8. The molecule has 0 aromatic rings. The van der Waals surface area contributed by atoms with E-state index >= 15 is 0 Å². The zero-order valence-electron chi connectivity index (χ0n) is 11.3. The average molecular weight is 227 g/mol. The first kappa shape index (κ1) is 14.0. The van der Waals surface area contributed by atoms with Crippen LogP contribution in [0.3, 0.4) is 0 Å². The van der Waals surface area contributed by atoms with Gasteiger partial charge in [0.15, 0.2) is 0 Å². The van der Waals surface area contributed by atoms with Gasteiger partial charge in [0.05, 0.1) is 12.2 Å². The van der Waals surface area contributed by atoms with Crippen molar-refractivity contribution in [3.05, 3.63) is 0 Å². The number of rotatable bonds is 8. The third kappa shape index (κ3) is 5.31. The maximum Gasteiger partial charge on any atom is 0.0594 e. The van der Waals surface area contributed by atoms with Crippen LogP contribution in [0.5, 0.6) is 0 Å². The van der Waals surface area contributed by atoms with Crippen molar-refractivity contribution in [2.24, 2.45) is 0 Å². The SMILES string of the molecule is CCCCCCC(C)OC1CCC(NC)C1. The molecule has 1 saturated carbocycles. The van der Waals surface area contributed by atoms with E-state index in [0.717, 1.165) is 0 Å². The summed E-state index contributed by atoms with van der Waals surface area (Å²) < 4.78 is 6.08. The summed E-state index contributed by atoms with van der Waals surface area (Å²) in [4.78, 5) is 0. The molecule has 96 valence electrons. The molecule has 0 saturated heterocycles. The van der Waals surface area contributed by atoms with Gasteiger partial charge in [0.1, 0.15) is 0 Å². The first-order chi connectivity index (χ1) is 7.76. The van der Waals surface area contributed by atoms with Crippen LogP contribution in [0.4, 0.5) is 0 Å². The smallest absolute Gasteiger partial charge is 0.0594 e. The van der Waals surface area contributed by atoms with Crippen LogP contribution in [0.15, 0.2) is 0 Å². The zero-order valence-corrected chi connectivity index (χ0v) is 11.3. The van der Waals surface area contributed by atoms with Gasteiger partial charge in [-0.25, -0.2) is 0 Å². The molecule has 1 aliphatic rings. The summed E-state index contributed by atoms with van der Waals surface area (Å²) in [6, 6.07) is 0.692. The Balaban J connectivity index is 2.03. The van der Waals surface area contributed by atoms with Crippen LogP contribution in [0.2, 0.25) is 0 Å². The van der Waals surface area contributed by atoms with E-state index in [4.69, 9.17) is 4.74 Å². The number of ether oxygens (including phenoxy) is 1. The monoisotopic (exact) mass is 227 g/mol. The van der Waals surface area contributed by atoms with Gasteiger partial charge in [0.2, 0.25) is 0 Å². The predicted octanol–water partition coefficient (Wildman–Crippen LogP) is 3.50. The molecule has 1 rings (SSSR count). The lowest BCUT2D eigenvalue weighted by Gasteiger charge is -2.18. The van der Waals surface area contributed by atoms with Crippen LogP contribution in [0.1, 0.15) is 65.2 Å². The van der Waals surface area contributed by atoms with Gasteiger partial charge in [-0.05, 0) is 39.7 Å². The van der Waals surface area contributed by atoms with Gasteiger partial charge in [-0.1, -0.05) is 32.6 Å². The number of nitrogens with one attached hydrogen (secondary N) is 1. The van der Waals surface area contributed by atoms with Gasteiger partial charge in [0.25, 0.3) is 0 Å². The van der Waals surface area contributed by atoms with E-state index < -0.39 is 0 Å². The lowest BCUT2D eigenvalue weighted by atomic mass is 10.1. The Bertz CT molecular complexity index is 172. The van der Waals surface area contributed by atoms with Crippen molar-refractivity contribution in [3.63, 3.8) is 0 Å². The summed E-state index contributed by atoms with van der Waals surface area (Å²) in [5, 5.41) is 3.35. The molecule has 0 bridgehead atoms. The standard InChI is InChI=1S/C14H29NO/c1-4-5-6-7-8-12(2)16-14-10-9-13(11-14)15-3/h12-15H,4-11H2,1-3H3. The summed E-state index contributed by atoms with van der Waals surface area (Å²) in [6.45, 7) is 4.50. The highest BCUT2D eigenvalue weighted by molar-refractivity contribution is 4.80. The van der Waals surface area contributed by atoms with Gasteiger partial charge < -0.3 is 10.1 Å². The Kier molecular flexibility index (Phi) is 7.06. The maximum atomic E-state index is 6.08. The van der Waals surface area contributed by atoms with Crippen molar-refractivity contribution in [2.75, 3.05) is 7.05 Å². The highest BCUT2D eigenvalue weighted by Gasteiger charge is 2.25. The lowest BCUT2D eigenvalue weighted by Crippen LogP contribution is -2.24. The molecule has 16 heavy (non-hydrogen) atoms. The van der Waals surface area contributed by atoms with Crippen molar-refractivity contribution in [1.82, 2.24) is 5.32 Å². The Labute approximate surface area is 101 Å². The molecular formula is C14H29NO. The third-order valence-electron chi connectivity index (χ3n) is 3.68. The minimum absolute atomic E-state index is 0.456. The van der Waals surface area contributed by atoms with E-state index in [9.17, 15) is 0 Å². The van der Waals surface area contributed by atoms with Gasteiger partial charge in [-0.15, -0.1) is 0 Å². The molecule has 0 amide bonds. The molecule has 3 unspecified atom stereocenters. The Morgan fingerprint density at radius 3 is 2.69 bits per heavy atom. The van der Waals surface area contributed by atoms with Crippen LogP contribution in [-0.2, 0) is 4.74 Å². The lowest BCUT2D eigenvalue weighted by molar-refractivity contribution is -0.00394. The third-order valence-corrected chi connectivity index (χ3v) is 3.68. The van der Waals surface area contributed by atoms with Crippen molar-refractivity contribution in [2.45, 2.75) is 83.5 Å². The number of hydrogen-bond donors (Lipinski definition) is 1. The molecule has 2 nitrogen and oxygen atoms in total. The molecule has 1 fully saturated rings. The van der Waals surface area contributed by atoms with E-state index in [1.165, 1.54) is 51.4 Å². The van der Waals surface area contributed by atoms with Gasteiger partial charge in [-0.2, -0.15) is 0 Å². The second kappa shape index (κ2) is 8.08. The summed E-state index contributed by atoms with van der Waals surface area (Å²) >= 11 is 0. The molecule has 0 spiro atoms. The molecule has 3 atom stereocenters. The van der Waals surface area contributed by atoms with E-state index in [1.54, 1.807) is 0 Å². The topological polar surface area (TPSA) is 21.3 Å². The first-order valence-corrected chi connectivity index (χ1v) is 7.09. The summed E-state index contributed by atoms with van der Waals surface area (Å²) in [5.74, 6) is 0. The maximum absolute atomic E-state index is 6.08. The second-order valence-electron chi connectivity index (χ2n) is 5.22. The van der Waals surface area contributed by atoms with Crippen molar-refractivity contribution >= 4 is 0 Å². The molecule has 1 aliphatic carbocycles.